The maximum absolute atomic E-state index is 11.9. The first-order chi connectivity index (χ1) is 9.04. The van der Waals surface area contributed by atoms with Gasteiger partial charge in [0.05, 0.1) is 5.75 Å². The predicted octanol–water partition coefficient (Wildman–Crippen LogP) is 3.11. The molecule has 4 heteroatoms. The number of benzene rings is 1. The zero-order chi connectivity index (χ0) is 14.3. The van der Waals surface area contributed by atoms with E-state index in [-0.39, 0.29) is 18.4 Å². The summed E-state index contributed by atoms with van der Waals surface area (Å²) in [6.07, 6.45) is 0. The van der Waals surface area contributed by atoms with Gasteiger partial charge in [-0.2, -0.15) is 11.8 Å². The van der Waals surface area contributed by atoms with Crippen molar-refractivity contribution in [1.29, 1.82) is 0 Å². The Labute approximate surface area is 119 Å². The number of para-hydroxylation sites is 1. The van der Waals surface area contributed by atoms with Crippen LogP contribution < -0.4 is 5.32 Å². The summed E-state index contributed by atoms with van der Waals surface area (Å²) < 4.78 is 0. The second-order valence-electron chi connectivity index (χ2n) is 5.09. The van der Waals surface area contributed by atoms with Crippen molar-refractivity contribution in [2.75, 3.05) is 23.4 Å². The molecule has 0 aliphatic carbocycles. The molecule has 106 valence electrons. The highest BCUT2D eigenvalue weighted by atomic mass is 32.2. The molecule has 0 aromatic heterocycles. The third-order valence-corrected chi connectivity index (χ3v) is 4.08. The van der Waals surface area contributed by atoms with E-state index < -0.39 is 0 Å². The van der Waals surface area contributed by atoms with Crippen molar-refractivity contribution in [2.45, 2.75) is 26.7 Å². The lowest BCUT2D eigenvalue weighted by molar-refractivity contribution is -0.113. The molecule has 0 fully saturated rings. The standard InChI is InChI=1S/C15H23NO2S/c1-11(2)13-6-4-5-7-14(13)16-15(18)10-19-9-12(3)8-17/h4-7,11-12,17H,8-10H2,1-3H3,(H,16,18). The molecule has 1 atom stereocenters. The van der Waals surface area contributed by atoms with Gasteiger partial charge in [0.2, 0.25) is 5.91 Å². The second kappa shape index (κ2) is 8.23. The number of hydrogen-bond acceptors (Lipinski definition) is 3. The summed E-state index contributed by atoms with van der Waals surface area (Å²) in [5, 5.41) is 11.9. The lowest BCUT2D eigenvalue weighted by Gasteiger charge is -2.13. The molecule has 0 saturated carbocycles. The third kappa shape index (κ3) is 5.66. The average Bonchev–Trinajstić information content (AvgIpc) is 2.38. The van der Waals surface area contributed by atoms with Crippen LogP contribution >= 0.6 is 11.8 Å². The van der Waals surface area contributed by atoms with Crippen LogP contribution in [0.3, 0.4) is 0 Å². The molecule has 1 amide bonds. The van der Waals surface area contributed by atoms with Gasteiger partial charge in [-0.25, -0.2) is 0 Å². The van der Waals surface area contributed by atoms with Gasteiger partial charge >= 0.3 is 0 Å². The average molecular weight is 281 g/mol. The highest BCUT2D eigenvalue weighted by molar-refractivity contribution is 7.99. The van der Waals surface area contributed by atoms with Crippen LogP contribution in [-0.4, -0.2) is 29.1 Å². The van der Waals surface area contributed by atoms with Crippen LogP contribution in [0.4, 0.5) is 5.69 Å². The van der Waals surface area contributed by atoms with Gasteiger partial charge in [0.1, 0.15) is 0 Å². The van der Waals surface area contributed by atoms with Crippen molar-refractivity contribution in [3.05, 3.63) is 29.8 Å². The normalized spacial score (nSPS) is 12.5. The molecule has 0 bridgehead atoms. The van der Waals surface area contributed by atoms with Crippen molar-refractivity contribution in [3.8, 4) is 0 Å². The third-order valence-electron chi connectivity index (χ3n) is 2.80. The van der Waals surface area contributed by atoms with Crippen LogP contribution in [0.1, 0.15) is 32.3 Å². The van der Waals surface area contributed by atoms with Gasteiger partial charge in [-0.15, -0.1) is 0 Å². The molecule has 0 radical (unpaired) electrons. The molecule has 0 aliphatic rings. The number of carbonyl (C=O) groups excluding carboxylic acids is 1. The van der Waals surface area contributed by atoms with Crippen LogP contribution in [0.2, 0.25) is 0 Å². The van der Waals surface area contributed by atoms with E-state index in [1.54, 1.807) is 11.8 Å². The second-order valence-corrected chi connectivity index (χ2v) is 6.12. The van der Waals surface area contributed by atoms with E-state index in [1.807, 2.05) is 31.2 Å². The first-order valence-electron chi connectivity index (χ1n) is 6.62. The first-order valence-corrected chi connectivity index (χ1v) is 7.77. The first kappa shape index (κ1) is 16.1. The van der Waals surface area contributed by atoms with Crippen molar-refractivity contribution < 1.29 is 9.90 Å². The van der Waals surface area contributed by atoms with E-state index in [4.69, 9.17) is 5.11 Å². The Balaban J connectivity index is 2.48. The number of amides is 1. The number of rotatable bonds is 7. The van der Waals surface area contributed by atoms with Gasteiger partial charge in [-0.3, -0.25) is 4.79 Å². The summed E-state index contributed by atoms with van der Waals surface area (Å²) in [5.74, 6) is 1.87. The Bertz CT molecular complexity index is 407. The zero-order valence-electron chi connectivity index (χ0n) is 11.8. The van der Waals surface area contributed by atoms with Gasteiger partial charge in [-0.1, -0.05) is 39.0 Å². The molecular formula is C15H23NO2S. The lowest BCUT2D eigenvalue weighted by Crippen LogP contribution is -2.17. The maximum atomic E-state index is 11.9. The minimum atomic E-state index is 0.0169. The van der Waals surface area contributed by atoms with Gasteiger partial charge in [-0.05, 0) is 29.2 Å². The van der Waals surface area contributed by atoms with Crippen LogP contribution in [-0.2, 0) is 4.79 Å². The van der Waals surface area contributed by atoms with Crippen molar-refractivity contribution in [2.24, 2.45) is 5.92 Å². The Morgan fingerprint density at radius 1 is 1.32 bits per heavy atom. The summed E-state index contributed by atoms with van der Waals surface area (Å²) in [6, 6.07) is 7.90. The molecule has 3 nitrogen and oxygen atoms in total. The summed E-state index contributed by atoms with van der Waals surface area (Å²) in [6.45, 7) is 6.37. The SMILES string of the molecule is CC(CO)CSCC(=O)Nc1ccccc1C(C)C. The molecule has 1 aromatic rings. The number of nitrogens with one attached hydrogen (secondary N) is 1. The van der Waals surface area contributed by atoms with Gasteiger partial charge < -0.3 is 10.4 Å². The Morgan fingerprint density at radius 2 is 2.00 bits per heavy atom. The van der Waals surface area contributed by atoms with E-state index >= 15 is 0 Å². The Morgan fingerprint density at radius 3 is 2.63 bits per heavy atom. The van der Waals surface area contributed by atoms with E-state index in [9.17, 15) is 4.79 Å². The van der Waals surface area contributed by atoms with Gasteiger partial charge in [0.25, 0.3) is 0 Å². The molecule has 1 aromatic carbocycles. The topological polar surface area (TPSA) is 49.3 Å². The summed E-state index contributed by atoms with van der Waals surface area (Å²) in [4.78, 5) is 11.9. The van der Waals surface area contributed by atoms with Crippen molar-refractivity contribution in [1.82, 2.24) is 0 Å². The summed E-state index contributed by atoms with van der Waals surface area (Å²) in [5.41, 5.74) is 2.06. The fourth-order valence-electron chi connectivity index (χ4n) is 1.71. The number of thioether (sulfide) groups is 1. The zero-order valence-corrected chi connectivity index (χ0v) is 12.7. The Kier molecular flexibility index (Phi) is 6.95. The maximum Gasteiger partial charge on any atom is 0.234 e. The van der Waals surface area contributed by atoms with E-state index in [2.05, 4.69) is 19.2 Å². The van der Waals surface area contributed by atoms with E-state index in [0.29, 0.717) is 11.7 Å². The molecule has 2 N–H and O–H groups in total. The minimum Gasteiger partial charge on any atom is -0.396 e. The summed E-state index contributed by atoms with van der Waals surface area (Å²) in [7, 11) is 0. The molecule has 0 aliphatic heterocycles. The van der Waals surface area contributed by atoms with E-state index in [0.717, 1.165) is 17.0 Å². The minimum absolute atomic E-state index is 0.0169. The van der Waals surface area contributed by atoms with Crippen molar-refractivity contribution >= 4 is 23.4 Å². The molecule has 1 rings (SSSR count). The monoisotopic (exact) mass is 281 g/mol. The molecule has 1 unspecified atom stereocenters. The Hall–Kier alpha value is -1.00. The molecule has 19 heavy (non-hydrogen) atoms. The highest BCUT2D eigenvalue weighted by Gasteiger charge is 2.09. The fourth-order valence-corrected chi connectivity index (χ4v) is 2.59. The van der Waals surface area contributed by atoms with Gasteiger partial charge in [0.15, 0.2) is 0 Å². The van der Waals surface area contributed by atoms with Crippen LogP contribution in [0.25, 0.3) is 0 Å². The van der Waals surface area contributed by atoms with Gasteiger partial charge in [0, 0.05) is 12.3 Å². The predicted molar refractivity (Wildman–Crippen MR) is 82.7 cm³/mol. The van der Waals surface area contributed by atoms with Crippen molar-refractivity contribution in [3.63, 3.8) is 0 Å². The van der Waals surface area contributed by atoms with E-state index in [1.165, 1.54) is 0 Å². The molecular weight excluding hydrogens is 258 g/mol. The highest BCUT2D eigenvalue weighted by Crippen LogP contribution is 2.23. The number of anilines is 1. The molecule has 0 heterocycles. The molecule has 0 spiro atoms. The number of aliphatic hydroxyl groups is 1. The number of aliphatic hydroxyl groups excluding tert-OH is 1. The quantitative estimate of drug-likeness (QED) is 0.807. The van der Waals surface area contributed by atoms with Crippen LogP contribution in [0.15, 0.2) is 24.3 Å². The lowest BCUT2D eigenvalue weighted by atomic mass is 10.0. The largest absolute Gasteiger partial charge is 0.396 e. The van der Waals surface area contributed by atoms with Crippen LogP contribution in [0.5, 0.6) is 0 Å². The number of hydrogen-bond donors (Lipinski definition) is 2. The molecule has 0 saturated heterocycles. The summed E-state index contributed by atoms with van der Waals surface area (Å²) >= 11 is 1.56. The van der Waals surface area contributed by atoms with Crippen LogP contribution in [0, 0.1) is 5.92 Å². The fraction of sp³-hybridized carbons (Fsp3) is 0.533. The number of carbonyl (C=O) groups is 1. The smallest absolute Gasteiger partial charge is 0.234 e.